The maximum absolute atomic E-state index is 11.8. The Kier molecular flexibility index (Phi) is 3.02. The molecule has 0 aliphatic carbocycles. The minimum Gasteiger partial charge on any atom is -0.341 e. The minimum absolute atomic E-state index is 0.346. The fourth-order valence-corrected chi connectivity index (χ4v) is 2.68. The number of benzene rings is 1. The zero-order chi connectivity index (χ0) is 13.4. The van der Waals surface area contributed by atoms with Gasteiger partial charge in [0.2, 0.25) is 0 Å². The van der Waals surface area contributed by atoms with Crippen LogP contribution in [-0.2, 0) is 10.0 Å². The summed E-state index contributed by atoms with van der Waals surface area (Å²) in [6.45, 7) is 5.76. The fourth-order valence-electron chi connectivity index (χ4n) is 1.56. The van der Waals surface area contributed by atoms with Crippen molar-refractivity contribution in [2.75, 3.05) is 0 Å². The van der Waals surface area contributed by atoms with Crippen molar-refractivity contribution in [3.63, 3.8) is 0 Å². The summed E-state index contributed by atoms with van der Waals surface area (Å²) in [4.78, 5) is 0. The van der Waals surface area contributed by atoms with Crippen LogP contribution in [-0.4, -0.2) is 14.3 Å². The smallest absolute Gasteiger partial charge is 0.279 e. The number of sulfonamides is 1. The Balaban J connectivity index is 2.46. The molecule has 0 atom stereocenters. The second kappa shape index (κ2) is 4.24. The van der Waals surface area contributed by atoms with Crippen molar-refractivity contribution >= 4 is 21.6 Å². The van der Waals surface area contributed by atoms with Crippen LogP contribution in [0.3, 0.4) is 0 Å². The van der Waals surface area contributed by atoms with Crippen molar-refractivity contribution in [2.45, 2.75) is 20.8 Å². The first-order chi connectivity index (χ1) is 8.28. The van der Waals surface area contributed by atoms with Crippen molar-refractivity contribution in [3.05, 3.63) is 41.3 Å². The zero-order valence-corrected chi connectivity index (χ0v) is 11.5. The second-order valence-corrected chi connectivity index (χ2v) is 6.68. The van der Waals surface area contributed by atoms with Gasteiger partial charge in [0, 0.05) is 5.41 Å². The van der Waals surface area contributed by atoms with Crippen LogP contribution in [0.15, 0.2) is 40.1 Å². The molecule has 1 aliphatic heterocycles. The van der Waals surface area contributed by atoms with Gasteiger partial charge in [0.1, 0.15) is 5.84 Å². The molecule has 0 bridgehead atoms. The summed E-state index contributed by atoms with van der Waals surface area (Å²) >= 11 is 0. The van der Waals surface area contributed by atoms with E-state index in [0.717, 1.165) is 11.0 Å². The first-order valence-electron chi connectivity index (χ1n) is 5.67. The highest BCUT2D eigenvalue weighted by Gasteiger charge is 2.27. The number of hydrogen-bond donors (Lipinski definition) is 1. The molecule has 2 rings (SSSR count). The van der Waals surface area contributed by atoms with Crippen LogP contribution >= 0.6 is 0 Å². The van der Waals surface area contributed by atoms with E-state index in [2.05, 4.69) is 9.71 Å². The zero-order valence-electron chi connectivity index (χ0n) is 10.6. The van der Waals surface area contributed by atoms with E-state index in [1.54, 1.807) is 0 Å². The number of rotatable bonds is 1. The molecule has 0 unspecified atom stereocenters. The minimum atomic E-state index is -3.55. The molecule has 1 N–H and O–H groups in total. The van der Waals surface area contributed by atoms with E-state index in [-0.39, 0.29) is 5.41 Å². The van der Waals surface area contributed by atoms with Crippen LogP contribution in [0, 0.1) is 5.41 Å². The van der Waals surface area contributed by atoms with Gasteiger partial charge in [-0.1, -0.05) is 51.1 Å². The predicted molar refractivity (Wildman–Crippen MR) is 73.4 cm³/mol. The summed E-state index contributed by atoms with van der Waals surface area (Å²) in [7, 11) is -3.55. The van der Waals surface area contributed by atoms with Gasteiger partial charge in [0.25, 0.3) is 10.0 Å². The van der Waals surface area contributed by atoms with Gasteiger partial charge in [0.05, 0.1) is 11.1 Å². The highest BCUT2D eigenvalue weighted by atomic mass is 32.2. The summed E-state index contributed by atoms with van der Waals surface area (Å²) in [5.74, 6) is 0.462. The predicted octanol–water partition coefficient (Wildman–Crippen LogP) is 2.36. The van der Waals surface area contributed by atoms with E-state index in [9.17, 15) is 8.42 Å². The van der Waals surface area contributed by atoms with Crippen molar-refractivity contribution in [3.8, 4) is 0 Å². The third-order valence-electron chi connectivity index (χ3n) is 2.53. The normalized spacial score (nSPS) is 18.6. The number of amidine groups is 1. The lowest BCUT2D eigenvalue weighted by molar-refractivity contribution is 0.571. The first kappa shape index (κ1) is 12.8. The Bertz CT molecular complexity index is 608. The standard InChI is InChI=1S/C13H16N2O2S/c1-13(2,3)12-14-11(9-18(16,17)15-12)10-7-5-4-6-8-10/h4-9H,1-3H3,(H,14,15). The van der Waals surface area contributed by atoms with Gasteiger partial charge in [-0.3, -0.25) is 0 Å². The van der Waals surface area contributed by atoms with Gasteiger partial charge in [0.15, 0.2) is 0 Å². The quantitative estimate of drug-likeness (QED) is 0.847. The summed E-state index contributed by atoms with van der Waals surface area (Å²) < 4.78 is 27.3. The lowest BCUT2D eigenvalue weighted by atomic mass is 9.94. The monoisotopic (exact) mass is 264 g/mol. The molecule has 1 heterocycles. The van der Waals surface area contributed by atoms with Crippen molar-refractivity contribution < 1.29 is 8.42 Å². The average Bonchev–Trinajstić information content (AvgIpc) is 2.27. The number of hydrogen-bond acceptors (Lipinski definition) is 3. The number of nitrogens with one attached hydrogen (secondary N) is 1. The fraction of sp³-hybridized carbons (Fsp3) is 0.308. The highest BCUT2D eigenvalue weighted by Crippen LogP contribution is 2.24. The molecule has 0 aromatic heterocycles. The molecule has 18 heavy (non-hydrogen) atoms. The molecule has 96 valence electrons. The van der Waals surface area contributed by atoms with Crippen LogP contribution in [0.1, 0.15) is 26.3 Å². The molecule has 1 aliphatic rings. The Morgan fingerprint density at radius 2 is 1.72 bits per heavy atom. The molecule has 0 amide bonds. The van der Waals surface area contributed by atoms with Gasteiger partial charge in [-0.25, -0.2) is 0 Å². The summed E-state index contributed by atoms with van der Waals surface area (Å²) in [6, 6.07) is 9.35. The Hall–Kier alpha value is -1.62. The lowest BCUT2D eigenvalue weighted by Crippen LogP contribution is -2.37. The van der Waals surface area contributed by atoms with E-state index < -0.39 is 10.0 Å². The molecule has 0 spiro atoms. The topological polar surface area (TPSA) is 58.5 Å². The molecule has 0 radical (unpaired) electrons. The molecule has 0 fully saturated rings. The Morgan fingerprint density at radius 3 is 2.28 bits per heavy atom. The van der Waals surface area contributed by atoms with Crippen molar-refractivity contribution in [1.82, 2.24) is 5.32 Å². The van der Waals surface area contributed by atoms with Gasteiger partial charge < -0.3 is 5.32 Å². The van der Waals surface area contributed by atoms with Crippen LogP contribution < -0.4 is 5.32 Å². The van der Waals surface area contributed by atoms with Gasteiger partial charge in [-0.15, -0.1) is 4.40 Å². The van der Waals surface area contributed by atoms with Crippen molar-refractivity contribution in [2.24, 2.45) is 9.81 Å². The Morgan fingerprint density at radius 1 is 1.11 bits per heavy atom. The molecule has 5 heteroatoms. The summed E-state index contributed by atoms with van der Waals surface area (Å²) in [6.07, 6.45) is 0. The van der Waals surface area contributed by atoms with Crippen molar-refractivity contribution in [1.29, 1.82) is 0 Å². The van der Waals surface area contributed by atoms with Crippen LogP contribution in [0.5, 0.6) is 0 Å². The molecule has 0 saturated carbocycles. The molecule has 0 saturated heterocycles. The highest BCUT2D eigenvalue weighted by molar-refractivity contribution is 7.93. The van der Waals surface area contributed by atoms with E-state index in [1.807, 2.05) is 51.1 Å². The van der Waals surface area contributed by atoms with E-state index in [0.29, 0.717) is 11.5 Å². The first-order valence-corrected chi connectivity index (χ1v) is 7.18. The molecular formula is C13H16N2O2S. The number of nitrogens with zero attached hydrogens (tertiary/aromatic N) is 1. The maximum atomic E-state index is 11.8. The summed E-state index contributed by atoms with van der Waals surface area (Å²) in [5, 5.41) is 4.26. The van der Waals surface area contributed by atoms with Gasteiger partial charge in [-0.2, -0.15) is 8.42 Å². The SMILES string of the molecule is CC(C)(C)C1=NS(=O)(=O)C=C(c2ccccc2)N1. The largest absolute Gasteiger partial charge is 0.341 e. The molecule has 4 nitrogen and oxygen atoms in total. The van der Waals surface area contributed by atoms with Gasteiger partial charge in [-0.05, 0) is 5.56 Å². The lowest BCUT2D eigenvalue weighted by Gasteiger charge is -2.26. The third kappa shape index (κ3) is 2.79. The van der Waals surface area contributed by atoms with E-state index in [4.69, 9.17) is 0 Å². The average molecular weight is 264 g/mol. The second-order valence-electron chi connectivity index (χ2n) is 5.23. The molecular weight excluding hydrogens is 248 g/mol. The Labute approximate surface area is 107 Å². The van der Waals surface area contributed by atoms with E-state index in [1.165, 1.54) is 0 Å². The third-order valence-corrected chi connectivity index (χ3v) is 3.50. The van der Waals surface area contributed by atoms with Crippen LogP contribution in [0.25, 0.3) is 5.70 Å². The maximum Gasteiger partial charge on any atom is 0.279 e. The molecule has 1 aromatic rings. The van der Waals surface area contributed by atoms with Gasteiger partial charge >= 0.3 is 0 Å². The van der Waals surface area contributed by atoms with Crippen LogP contribution in [0.4, 0.5) is 0 Å². The van der Waals surface area contributed by atoms with Crippen LogP contribution in [0.2, 0.25) is 0 Å². The molecule has 1 aromatic carbocycles. The summed E-state index contributed by atoms with van der Waals surface area (Å²) in [5.41, 5.74) is 1.05. The van der Waals surface area contributed by atoms with E-state index >= 15 is 0 Å².